The maximum Gasteiger partial charge on any atom is 1.00 e. The van der Waals surface area contributed by atoms with Gasteiger partial charge in [0.1, 0.15) is 5.82 Å². The molecule has 0 bridgehead atoms. The molecule has 19 heavy (non-hydrogen) atoms. The SMILES string of the molecule is CCOC(=O)C([O-])Cc1ccc(F)cc1[N+](=O)[O-].[K+]. The van der Waals surface area contributed by atoms with Gasteiger partial charge in [0.25, 0.3) is 11.7 Å². The van der Waals surface area contributed by atoms with E-state index in [2.05, 4.69) is 4.74 Å². The molecule has 1 aromatic rings. The Hall–Kier alpha value is -0.384. The number of nitro groups is 1. The molecule has 0 aliphatic rings. The van der Waals surface area contributed by atoms with Crippen LogP contribution in [0.2, 0.25) is 0 Å². The van der Waals surface area contributed by atoms with Gasteiger partial charge in [-0.25, -0.2) is 4.39 Å². The van der Waals surface area contributed by atoms with Crippen LogP contribution in [0.5, 0.6) is 0 Å². The number of halogens is 1. The molecule has 8 heteroatoms. The minimum Gasteiger partial charge on any atom is -0.844 e. The van der Waals surface area contributed by atoms with Crippen molar-refractivity contribution in [2.24, 2.45) is 0 Å². The number of esters is 1. The monoisotopic (exact) mass is 295 g/mol. The van der Waals surface area contributed by atoms with E-state index >= 15 is 0 Å². The molecule has 0 amide bonds. The van der Waals surface area contributed by atoms with E-state index in [1.807, 2.05) is 0 Å². The molecule has 1 unspecified atom stereocenters. The zero-order valence-electron chi connectivity index (χ0n) is 10.6. The van der Waals surface area contributed by atoms with Crippen LogP contribution in [0.15, 0.2) is 18.2 Å². The van der Waals surface area contributed by atoms with Crippen LogP contribution in [0.25, 0.3) is 0 Å². The summed E-state index contributed by atoms with van der Waals surface area (Å²) in [5.41, 5.74) is -0.505. The number of benzene rings is 1. The first kappa shape index (κ1) is 18.6. The van der Waals surface area contributed by atoms with Crippen LogP contribution in [0.3, 0.4) is 0 Å². The van der Waals surface area contributed by atoms with Crippen LogP contribution in [-0.4, -0.2) is 23.6 Å². The normalized spacial score (nSPS) is 11.3. The van der Waals surface area contributed by atoms with Crippen LogP contribution in [0.1, 0.15) is 12.5 Å². The van der Waals surface area contributed by atoms with Crippen LogP contribution < -0.4 is 56.5 Å². The molecule has 0 saturated heterocycles. The molecule has 1 atom stereocenters. The van der Waals surface area contributed by atoms with Gasteiger partial charge in [-0.2, -0.15) is 0 Å². The maximum atomic E-state index is 12.9. The Morgan fingerprint density at radius 2 is 2.16 bits per heavy atom. The number of hydrogen-bond donors (Lipinski definition) is 0. The molecule has 0 aliphatic carbocycles. The van der Waals surface area contributed by atoms with Gasteiger partial charge in [-0.3, -0.25) is 14.9 Å². The third kappa shape index (κ3) is 5.63. The Bertz CT molecular complexity index is 468. The van der Waals surface area contributed by atoms with Crippen LogP contribution in [0, 0.1) is 15.9 Å². The van der Waals surface area contributed by atoms with Gasteiger partial charge in [0.2, 0.25) is 0 Å². The van der Waals surface area contributed by atoms with E-state index in [9.17, 15) is 24.4 Å². The van der Waals surface area contributed by atoms with Gasteiger partial charge in [-0.15, -0.1) is 0 Å². The summed E-state index contributed by atoms with van der Waals surface area (Å²) in [4.78, 5) is 21.0. The molecule has 0 fully saturated rings. The standard InChI is InChI=1S/C11H11FNO5.K/c1-2-18-11(15)10(14)5-7-3-4-8(12)6-9(7)13(16)17;/h3-4,6,10H,2,5H2,1H3;/q-1;+1. The summed E-state index contributed by atoms with van der Waals surface area (Å²) in [7, 11) is 0. The Balaban J connectivity index is 0.00000324. The van der Waals surface area contributed by atoms with E-state index < -0.39 is 34.9 Å². The van der Waals surface area contributed by atoms with E-state index in [0.717, 1.165) is 12.1 Å². The van der Waals surface area contributed by atoms with Gasteiger partial charge in [-0.05, 0) is 31.6 Å². The Kier molecular flexibility index (Phi) is 8.54. The van der Waals surface area contributed by atoms with Gasteiger partial charge in [-0.1, -0.05) is 0 Å². The largest absolute Gasteiger partial charge is 1.00 e. The first-order valence-electron chi connectivity index (χ1n) is 5.21. The third-order valence-electron chi connectivity index (χ3n) is 2.20. The van der Waals surface area contributed by atoms with Gasteiger partial charge in [0.05, 0.1) is 17.6 Å². The average molecular weight is 295 g/mol. The summed E-state index contributed by atoms with van der Waals surface area (Å²) in [6, 6.07) is 2.84. The molecule has 0 N–H and O–H groups in total. The van der Waals surface area contributed by atoms with E-state index in [1.165, 1.54) is 0 Å². The first-order valence-corrected chi connectivity index (χ1v) is 5.21. The predicted octanol–water partition coefficient (Wildman–Crippen LogP) is -2.43. The molecule has 0 aliphatic heterocycles. The minimum atomic E-state index is -1.76. The number of carbonyl (C=O) groups excluding carboxylic acids is 1. The second-order valence-electron chi connectivity index (χ2n) is 3.47. The fourth-order valence-electron chi connectivity index (χ4n) is 1.40. The number of hydrogen-bond acceptors (Lipinski definition) is 5. The number of ether oxygens (including phenoxy) is 1. The average Bonchev–Trinajstić information content (AvgIpc) is 2.31. The molecular formula is C11H11FKNO5. The number of nitro benzene ring substituents is 1. The van der Waals surface area contributed by atoms with Crippen molar-refractivity contribution >= 4 is 11.7 Å². The van der Waals surface area contributed by atoms with Crippen LogP contribution in [-0.2, 0) is 16.0 Å². The number of nitrogens with zero attached hydrogens (tertiary/aromatic N) is 1. The van der Waals surface area contributed by atoms with Crippen molar-refractivity contribution in [3.8, 4) is 0 Å². The quantitative estimate of drug-likeness (QED) is 0.261. The third-order valence-corrected chi connectivity index (χ3v) is 2.20. The molecule has 0 saturated carbocycles. The predicted molar refractivity (Wildman–Crippen MR) is 57.2 cm³/mol. The Labute approximate surface area is 151 Å². The molecule has 0 heterocycles. The van der Waals surface area contributed by atoms with Crippen molar-refractivity contribution in [2.45, 2.75) is 19.4 Å². The molecule has 98 valence electrons. The summed E-state index contributed by atoms with van der Waals surface area (Å²) in [6.45, 7) is 1.61. The Morgan fingerprint density at radius 1 is 1.53 bits per heavy atom. The second-order valence-corrected chi connectivity index (χ2v) is 3.47. The van der Waals surface area contributed by atoms with Gasteiger partial charge < -0.3 is 9.84 Å². The smallest absolute Gasteiger partial charge is 0.844 e. The summed E-state index contributed by atoms with van der Waals surface area (Å²) in [5, 5.41) is 22.1. The fraction of sp³-hybridized carbons (Fsp3) is 0.364. The van der Waals surface area contributed by atoms with Gasteiger partial charge >= 0.3 is 51.4 Å². The van der Waals surface area contributed by atoms with Crippen molar-refractivity contribution in [3.63, 3.8) is 0 Å². The van der Waals surface area contributed by atoms with Crippen LogP contribution >= 0.6 is 0 Å². The van der Waals surface area contributed by atoms with E-state index in [1.54, 1.807) is 6.92 Å². The maximum absolute atomic E-state index is 12.9. The fourth-order valence-corrected chi connectivity index (χ4v) is 1.40. The number of carbonyl (C=O) groups is 1. The summed E-state index contributed by atoms with van der Waals surface area (Å²) in [5.74, 6) is -1.75. The van der Waals surface area contributed by atoms with E-state index in [0.29, 0.717) is 6.07 Å². The molecule has 1 aromatic carbocycles. The van der Waals surface area contributed by atoms with Crippen LogP contribution in [0.4, 0.5) is 10.1 Å². The summed E-state index contributed by atoms with van der Waals surface area (Å²) in [6.07, 6.45) is -2.16. The van der Waals surface area contributed by atoms with Gasteiger partial charge in [0, 0.05) is 5.56 Å². The first-order chi connectivity index (χ1) is 8.45. The molecule has 0 aromatic heterocycles. The molecule has 0 spiro atoms. The topological polar surface area (TPSA) is 92.5 Å². The zero-order valence-corrected chi connectivity index (χ0v) is 13.7. The molecule has 0 radical (unpaired) electrons. The number of rotatable bonds is 5. The minimum absolute atomic E-state index is 0. The molecule has 1 rings (SSSR count). The zero-order chi connectivity index (χ0) is 13.7. The van der Waals surface area contributed by atoms with Crippen molar-refractivity contribution < 1.29 is 75.3 Å². The summed E-state index contributed by atoms with van der Waals surface area (Å²) >= 11 is 0. The van der Waals surface area contributed by atoms with Crippen molar-refractivity contribution in [1.29, 1.82) is 0 Å². The van der Waals surface area contributed by atoms with Crippen molar-refractivity contribution in [1.82, 2.24) is 0 Å². The van der Waals surface area contributed by atoms with E-state index in [4.69, 9.17) is 0 Å². The second kappa shape index (κ2) is 8.72. The molecular weight excluding hydrogens is 284 g/mol. The van der Waals surface area contributed by atoms with Crippen molar-refractivity contribution in [3.05, 3.63) is 39.7 Å². The summed E-state index contributed by atoms with van der Waals surface area (Å²) < 4.78 is 17.4. The van der Waals surface area contributed by atoms with E-state index in [-0.39, 0.29) is 63.6 Å². The van der Waals surface area contributed by atoms with Crippen molar-refractivity contribution in [2.75, 3.05) is 6.61 Å². The molecule has 6 nitrogen and oxygen atoms in total. The Morgan fingerprint density at radius 3 is 2.68 bits per heavy atom. The van der Waals surface area contributed by atoms with Gasteiger partial charge in [0.15, 0.2) is 0 Å².